The third-order valence-electron chi connectivity index (χ3n) is 8.97. The van der Waals surface area contributed by atoms with Crippen LogP contribution in [0.1, 0.15) is 22.5 Å². The van der Waals surface area contributed by atoms with Gasteiger partial charge in [0.1, 0.15) is 23.0 Å². The second kappa shape index (κ2) is 6.64. The van der Waals surface area contributed by atoms with Crippen LogP contribution in [-0.2, 0) is 25.7 Å². The Balaban J connectivity index is 1.29. The molecule has 5 nitrogen and oxygen atoms in total. The number of fused-ring (bicyclic) bond motifs is 11. The van der Waals surface area contributed by atoms with E-state index in [0.717, 1.165) is 82.1 Å². The number of ether oxygens (including phenoxy) is 2. The molecule has 5 heterocycles. The first-order valence-corrected chi connectivity index (χ1v) is 13.4. The van der Waals surface area contributed by atoms with E-state index in [-0.39, 0.29) is 6.71 Å². The monoisotopic (exact) mass is 489 g/mol. The van der Waals surface area contributed by atoms with Crippen molar-refractivity contribution in [2.45, 2.75) is 25.7 Å². The van der Waals surface area contributed by atoms with Crippen molar-refractivity contribution in [2.75, 3.05) is 0 Å². The summed E-state index contributed by atoms with van der Waals surface area (Å²) in [5, 5.41) is 2.48. The minimum absolute atomic E-state index is 0.0106. The molecule has 0 radical (unpaired) electrons. The van der Waals surface area contributed by atoms with Crippen LogP contribution in [0.25, 0.3) is 27.5 Å². The Morgan fingerprint density at radius 1 is 0.658 bits per heavy atom. The first kappa shape index (κ1) is 19.5. The van der Waals surface area contributed by atoms with Gasteiger partial charge in [-0.05, 0) is 48.7 Å². The van der Waals surface area contributed by atoms with E-state index in [1.807, 2.05) is 12.4 Å². The molecule has 0 fully saturated rings. The predicted octanol–water partition coefficient (Wildman–Crippen LogP) is 4.50. The molecular weight excluding hydrogens is 469 g/mol. The van der Waals surface area contributed by atoms with E-state index in [2.05, 4.69) is 65.2 Å². The molecule has 2 aliphatic carbocycles. The highest BCUT2D eigenvalue weighted by Gasteiger charge is 2.44. The van der Waals surface area contributed by atoms with Gasteiger partial charge in [0.05, 0.1) is 16.7 Å². The lowest BCUT2D eigenvalue weighted by Crippen LogP contribution is -2.58. The summed E-state index contributed by atoms with van der Waals surface area (Å²) in [5.41, 5.74) is 11.6. The Bertz CT molecular complexity index is 1920. The van der Waals surface area contributed by atoms with Gasteiger partial charge in [-0.25, -0.2) is 0 Å². The first-order chi connectivity index (χ1) is 18.8. The molecule has 3 aromatic heterocycles. The van der Waals surface area contributed by atoms with Crippen LogP contribution in [0.2, 0.25) is 0 Å². The van der Waals surface area contributed by atoms with Crippen LogP contribution in [0.15, 0.2) is 73.1 Å². The van der Waals surface area contributed by atoms with Crippen molar-refractivity contribution in [3.05, 3.63) is 95.6 Å². The van der Waals surface area contributed by atoms with Crippen LogP contribution < -0.4 is 25.9 Å². The van der Waals surface area contributed by atoms with Gasteiger partial charge >= 0.3 is 0 Å². The Kier molecular flexibility index (Phi) is 3.41. The number of rotatable bonds is 1. The van der Waals surface area contributed by atoms with Crippen LogP contribution in [0.5, 0.6) is 23.0 Å². The summed E-state index contributed by atoms with van der Waals surface area (Å²) in [7, 11) is 0. The van der Waals surface area contributed by atoms with Gasteiger partial charge in [-0.2, -0.15) is 0 Å². The number of hydrogen-bond donors (Lipinski definition) is 0. The topological polar surface area (TPSA) is 49.2 Å². The van der Waals surface area contributed by atoms with Crippen molar-refractivity contribution in [1.82, 2.24) is 14.5 Å². The van der Waals surface area contributed by atoms with Gasteiger partial charge in [0, 0.05) is 63.3 Å². The number of aromatic nitrogens is 3. The largest absolute Gasteiger partial charge is 0.458 e. The highest BCUT2D eigenvalue weighted by atomic mass is 16.5. The number of benzene rings is 3. The van der Waals surface area contributed by atoms with Crippen LogP contribution in [0.4, 0.5) is 0 Å². The average Bonchev–Trinajstić information content (AvgIpc) is 3.23. The molecule has 2 aliphatic heterocycles. The zero-order valence-corrected chi connectivity index (χ0v) is 20.5. The normalized spacial score (nSPS) is 15.3. The zero-order valence-electron chi connectivity index (χ0n) is 20.5. The van der Waals surface area contributed by atoms with Crippen molar-refractivity contribution >= 4 is 44.9 Å². The fourth-order valence-electron chi connectivity index (χ4n) is 6.98. The average molecular weight is 489 g/mol. The quantitative estimate of drug-likeness (QED) is 0.319. The van der Waals surface area contributed by atoms with Crippen LogP contribution in [0.3, 0.4) is 0 Å². The van der Waals surface area contributed by atoms with Gasteiger partial charge < -0.3 is 14.0 Å². The third-order valence-corrected chi connectivity index (χ3v) is 8.97. The van der Waals surface area contributed by atoms with E-state index in [9.17, 15) is 0 Å². The Morgan fingerprint density at radius 3 is 1.68 bits per heavy atom. The number of hydrogen-bond acceptors (Lipinski definition) is 4. The fraction of sp³-hybridized carbons (Fsp3) is 0.125. The van der Waals surface area contributed by atoms with E-state index < -0.39 is 0 Å². The van der Waals surface area contributed by atoms with E-state index in [1.54, 1.807) is 0 Å². The van der Waals surface area contributed by atoms with Gasteiger partial charge in [-0.1, -0.05) is 36.4 Å². The van der Waals surface area contributed by atoms with Gasteiger partial charge in [0.2, 0.25) is 0 Å². The highest BCUT2D eigenvalue weighted by Crippen LogP contribution is 2.43. The molecule has 6 aromatic rings. The SMILES string of the molecule is c1ccc2c(c1)c1ccccc1n2-c1cc2c3c(c1)Oc1c(cnc4c1CC4)B3c1cnc3c(c1O2)CC3. The maximum absolute atomic E-state index is 6.78. The molecule has 0 bridgehead atoms. The molecule has 0 N–H and O–H groups in total. The highest BCUT2D eigenvalue weighted by molar-refractivity contribution is 6.98. The Hall–Kier alpha value is -4.58. The summed E-state index contributed by atoms with van der Waals surface area (Å²) < 4.78 is 15.9. The number of aryl methyl sites for hydroxylation is 2. The van der Waals surface area contributed by atoms with E-state index >= 15 is 0 Å². The summed E-state index contributed by atoms with van der Waals surface area (Å²) in [5.74, 6) is 3.70. The molecule has 0 spiro atoms. The lowest BCUT2D eigenvalue weighted by atomic mass is 9.35. The first-order valence-electron chi connectivity index (χ1n) is 13.4. The van der Waals surface area contributed by atoms with Gasteiger partial charge in [0.15, 0.2) is 0 Å². The fourth-order valence-corrected chi connectivity index (χ4v) is 6.98. The summed E-state index contributed by atoms with van der Waals surface area (Å²) in [6.07, 6.45) is 8.12. The van der Waals surface area contributed by atoms with Gasteiger partial charge in [-0.3, -0.25) is 9.97 Å². The smallest absolute Gasteiger partial charge is 0.264 e. The summed E-state index contributed by atoms with van der Waals surface area (Å²) in [6, 6.07) is 21.6. The van der Waals surface area contributed by atoms with Crippen molar-refractivity contribution in [3.8, 4) is 28.7 Å². The van der Waals surface area contributed by atoms with E-state index in [1.165, 1.54) is 32.9 Å². The molecule has 6 heteroatoms. The molecule has 178 valence electrons. The van der Waals surface area contributed by atoms with Crippen LogP contribution >= 0.6 is 0 Å². The summed E-state index contributed by atoms with van der Waals surface area (Å²) >= 11 is 0. The van der Waals surface area contributed by atoms with Crippen molar-refractivity contribution in [2.24, 2.45) is 0 Å². The van der Waals surface area contributed by atoms with Crippen LogP contribution in [0, 0.1) is 0 Å². The molecule has 0 atom stereocenters. The number of nitrogens with zero attached hydrogens (tertiary/aromatic N) is 3. The van der Waals surface area contributed by atoms with E-state index in [4.69, 9.17) is 19.4 Å². The molecule has 38 heavy (non-hydrogen) atoms. The number of pyridine rings is 2. The lowest BCUT2D eigenvalue weighted by Gasteiger charge is -2.37. The minimum Gasteiger partial charge on any atom is -0.458 e. The maximum atomic E-state index is 6.78. The zero-order chi connectivity index (χ0) is 24.5. The Morgan fingerprint density at radius 2 is 1.18 bits per heavy atom. The van der Waals surface area contributed by atoms with Crippen molar-refractivity contribution in [3.63, 3.8) is 0 Å². The molecule has 0 amide bonds. The molecule has 0 saturated carbocycles. The Labute approximate surface area is 218 Å². The summed E-state index contributed by atoms with van der Waals surface area (Å²) in [4.78, 5) is 9.62. The maximum Gasteiger partial charge on any atom is 0.264 e. The van der Waals surface area contributed by atoms with Gasteiger partial charge in [0.25, 0.3) is 6.71 Å². The molecule has 0 unspecified atom stereocenters. The summed E-state index contributed by atoms with van der Waals surface area (Å²) in [6.45, 7) is 0.0106. The number of para-hydroxylation sites is 2. The third kappa shape index (κ3) is 2.26. The molecule has 10 rings (SSSR count). The predicted molar refractivity (Wildman–Crippen MR) is 149 cm³/mol. The van der Waals surface area contributed by atoms with Crippen LogP contribution in [-0.4, -0.2) is 21.2 Å². The minimum atomic E-state index is 0.0106. The standard InChI is InChI=1S/C32H20BN3O2/c1-3-7-26-18(5-1)19-6-2-4-8-27(19)36(26)17-13-28-30-29(14-17)38-32-21-10-12-25(21)35-16-23(32)33(30)22-15-34-24-11-9-20(24)31(22)37-28/h1-8,13-16H,9-12H2. The molecule has 4 aliphatic rings. The lowest BCUT2D eigenvalue weighted by molar-refractivity contribution is 0.450. The van der Waals surface area contributed by atoms with Crippen molar-refractivity contribution in [1.29, 1.82) is 0 Å². The molecule has 3 aromatic carbocycles. The molecular formula is C32H20BN3O2. The molecule has 0 saturated heterocycles. The van der Waals surface area contributed by atoms with Gasteiger partial charge in [-0.15, -0.1) is 0 Å². The second-order valence-electron chi connectivity index (χ2n) is 10.8. The van der Waals surface area contributed by atoms with Crippen molar-refractivity contribution < 1.29 is 9.47 Å². The van der Waals surface area contributed by atoms with E-state index in [0.29, 0.717) is 0 Å². The second-order valence-corrected chi connectivity index (χ2v) is 10.8.